The van der Waals surface area contributed by atoms with Crippen LogP contribution in [0, 0.1) is 10.1 Å². The molecule has 2 atom stereocenters. The Labute approximate surface area is 117 Å². The molecule has 20 heavy (non-hydrogen) atoms. The molecule has 1 aliphatic rings. The van der Waals surface area contributed by atoms with Gasteiger partial charge in [-0.3, -0.25) is 10.1 Å². The van der Waals surface area contributed by atoms with Gasteiger partial charge >= 0.3 is 0 Å². The molecule has 0 radical (unpaired) electrons. The molecule has 0 aliphatic heterocycles. The van der Waals surface area contributed by atoms with Crippen LogP contribution < -0.4 is 10.5 Å². The van der Waals surface area contributed by atoms with Crippen molar-refractivity contribution >= 4 is 15.7 Å². The fourth-order valence-corrected chi connectivity index (χ4v) is 3.65. The lowest BCUT2D eigenvalue weighted by molar-refractivity contribution is -0.384. The van der Waals surface area contributed by atoms with Gasteiger partial charge in [0.1, 0.15) is 0 Å². The lowest BCUT2D eigenvalue weighted by atomic mass is 9.92. The van der Waals surface area contributed by atoms with Crippen LogP contribution in [-0.4, -0.2) is 25.4 Å². The molecule has 0 heterocycles. The van der Waals surface area contributed by atoms with Gasteiger partial charge in [0.25, 0.3) is 5.69 Å². The quantitative estimate of drug-likeness (QED) is 0.639. The monoisotopic (exact) mass is 299 g/mol. The summed E-state index contributed by atoms with van der Waals surface area (Å²) in [5.41, 5.74) is 5.69. The Bertz CT molecular complexity index is 585. The van der Waals surface area contributed by atoms with Gasteiger partial charge in [0.2, 0.25) is 10.0 Å². The normalized spacial score (nSPS) is 23.4. The van der Waals surface area contributed by atoms with Gasteiger partial charge in [-0.15, -0.1) is 0 Å². The highest BCUT2D eigenvalue weighted by atomic mass is 32.2. The number of nitrogens with two attached hydrogens (primary N) is 1. The van der Waals surface area contributed by atoms with Crippen molar-refractivity contribution in [2.24, 2.45) is 5.73 Å². The number of nitrogens with one attached hydrogen (secondary N) is 1. The second kappa shape index (κ2) is 5.86. The number of rotatable bonds is 4. The molecular weight excluding hydrogens is 282 g/mol. The highest BCUT2D eigenvalue weighted by molar-refractivity contribution is 7.89. The summed E-state index contributed by atoms with van der Waals surface area (Å²) in [6.45, 7) is 0. The predicted octanol–water partition coefficient (Wildman–Crippen LogP) is 1.14. The summed E-state index contributed by atoms with van der Waals surface area (Å²) in [4.78, 5) is 10.0. The topological polar surface area (TPSA) is 115 Å². The number of non-ortho nitro benzene ring substituents is 1. The van der Waals surface area contributed by atoms with Crippen LogP contribution in [0.5, 0.6) is 0 Å². The number of nitrogens with zero attached hydrogens (tertiary/aromatic N) is 1. The molecule has 1 aromatic carbocycles. The number of benzene rings is 1. The van der Waals surface area contributed by atoms with Gasteiger partial charge in [-0.05, 0) is 31.4 Å². The van der Waals surface area contributed by atoms with Crippen molar-refractivity contribution < 1.29 is 13.3 Å². The number of hydrogen-bond acceptors (Lipinski definition) is 5. The van der Waals surface area contributed by atoms with E-state index in [2.05, 4.69) is 4.72 Å². The molecule has 8 heteroatoms. The van der Waals surface area contributed by atoms with Gasteiger partial charge in [0.05, 0.1) is 9.82 Å². The average molecular weight is 299 g/mol. The minimum absolute atomic E-state index is 0.0216. The van der Waals surface area contributed by atoms with E-state index >= 15 is 0 Å². The fraction of sp³-hybridized carbons (Fsp3) is 0.500. The highest BCUT2D eigenvalue weighted by Gasteiger charge is 2.25. The number of nitro benzene ring substituents is 1. The minimum Gasteiger partial charge on any atom is -0.328 e. The average Bonchev–Trinajstić information content (AvgIpc) is 2.38. The molecule has 3 N–H and O–H groups in total. The van der Waals surface area contributed by atoms with E-state index in [1.54, 1.807) is 0 Å². The first-order valence-electron chi connectivity index (χ1n) is 6.41. The molecular formula is C12H17N3O4S. The summed E-state index contributed by atoms with van der Waals surface area (Å²) in [5, 5.41) is 10.5. The first-order chi connectivity index (χ1) is 9.38. The van der Waals surface area contributed by atoms with Gasteiger partial charge in [-0.1, -0.05) is 6.42 Å². The first-order valence-corrected chi connectivity index (χ1v) is 7.89. The van der Waals surface area contributed by atoms with Crippen molar-refractivity contribution in [2.45, 2.75) is 42.7 Å². The Morgan fingerprint density at radius 3 is 2.45 bits per heavy atom. The van der Waals surface area contributed by atoms with E-state index in [1.165, 1.54) is 24.3 Å². The minimum atomic E-state index is -3.65. The van der Waals surface area contributed by atoms with E-state index in [0.29, 0.717) is 6.42 Å². The van der Waals surface area contributed by atoms with Gasteiger partial charge in [0, 0.05) is 24.2 Å². The van der Waals surface area contributed by atoms with Gasteiger partial charge < -0.3 is 5.73 Å². The van der Waals surface area contributed by atoms with Crippen molar-refractivity contribution in [3.8, 4) is 0 Å². The lowest BCUT2D eigenvalue weighted by Crippen LogP contribution is -2.42. The third-order valence-corrected chi connectivity index (χ3v) is 4.93. The molecule has 0 unspecified atom stereocenters. The van der Waals surface area contributed by atoms with Crippen molar-refractivity contribution in [1.82, 2.24) is 4.72 Å². The molecule has 1 aromatic rings. The van der Waals surface area contributed by atoms with Crippen LogP contribution >= 0.6 is 0 Å². The Morgan fingerprint density at radius 1 is 1.25 bits per heavy atom. The molecule has 1 aliphatic carbocycles. The zero-order valence-corrected chi connectivity index (χ0v) is 11.7. The smallest absolute Gasteiger partial charge is 0.269 e. The Hall–Kier alpha value is -1.51. The van der Waals surface area contributed by atoms with Crippen molar-refractivity contribution in [3.63, 3.8) is 0 Å². The van der Waals surface area contributed by atoms with E-state index in [-0.39, 0.29) is 22.7 Å². The predicted molar refractivity (Wildman–Crippen MR) is 73.6 cm³/mol. The van der Waals surface area contributed by atoms with E-state index in [4.69, 9.17) is 5.73 Å². The van der Waals surface area contributed by atoms with Crippen molar-refractivity contribution in [2.75, 3.05) is 0 Å². The molecule has 2 rings (SSSR count). The Morgan fingerprint density at radius 2 is 1.90 bits per heavy atom. The molecule has 110 valence electrons. The molecule has 7 nitrogen and oxygen atoms in total. The first kappa shape index (κ1) is 14.9. The summed E-state index contributed by atoms with van der Waals surface area (Å²) in [5.74, 6) is 0. The van der Waals surface area contributed by atoms with Crippen LogP contribution in [0.4, 0.5) is 5.69 Å². The zero-order valence-electron chi connectivity index (χ0n) is 10.9. The maximum Gasteiger partial charge on any atom is 0.269 e. The van der Waals surface area contributed by atoms with Gasteiger partial charge in [-0.25, -0.2) is 13.1 Å². The Kier molecular flexibility index (Phi) is 4.36. The number of sulfonamides is 1. The van der Waals surface area contributed by atoms with Crippen molar-refractivity contribution in [1.29, 1.82) is 0 Å². The van der Waals surface area contributed by atoms with Crippen LogP contribution in [0.2, 0.25) is 0 Å². The van der Waals surface area contributed by atoms with Crippen molar-refractivity contribution in [3.05, 3.63) is 34.4 Å². The van der Waals surface area contributed by atoms with Gasteiger partial charge in [0.15, 0.2) is 0 Å². The summed E-state index contributed by atoms with van der Waals surface area (Å²) >= 11 is 0. The van der Waals surface area contributed by atoms with E-state index in [9.17, 15) is 18.5 Å². The second-order valence-corrected chi connectivity index (χ2v) is 6.71. The molecule has 0 saturated heterocycles. The van der Waals surface area contributed by atoms with E-state index in [1.807, 2.05) is 0 Å². The molecule has 0 bridgehead atoms. The maximum atomic E-state index is 12.2. The number of nitro groups is 1. The Balaban J connectivity index is 2.11. The van der Waals surface area contributed by atoms with Gasteiger partial charge in [-0.2, -0.15) is 0 Å². The third kappa shape index (κ3) is 3.53. The van der Waals surface area contributed by atoms with E-state index in [0.717, 1.165) is 19.3 Å². The highest BCUT2D eigenvalue weighted by Crippen LogP contribution is 2.20. The SMILES string of the molecule is N[C@H]1CCC[C@@H](NS(=O)(=O)c2ccc([N+](=O)[O-])cc2)C1. The molecule has 1 fully saturated rings. The molecule has 0 amide bonds. The molecule has 0 spiro atoms. The van der Waals surface area contributed by atoms with Crippen LogP contribution in [0.15, 0.2) is 29.2 Å². The van der Waals surface area contributed by atoms with Crippen LogP contribution in [0.25, 0.3) is 0 Å². The van der Waals surface area contributed by atoms with Crippen LogP contribution in [0.3, 0.4) is 0 Å². The molecule has 0 aromatic heterocycles. The van der Waals surface area contributed by atoms with Crippen LogP contribution in [0.1, 0.15) is 25.7 Å². The summed E-state index contributed by atoms with van der Waals surface area (Å²) < 4.78 is 26.9. The summed E-state index contributed by atoms with van der Waals surface area (Å²) in [7, 11) is -3.65. The van der Waals surface area contributed by atoms with E-state index < -0.39 is 14.9 Å². The fourth-order valence-electron chi connectivity index (χ4n) is 2.37. The maximum absolute atomic E-state index is 12.2. The largest absolute Gasteiger partial charge is 0.328 e. The lowest BCUT2D eigenvalue weighted by Gasteiger charge is -2.27. The standard InChI is InChI=1S/C12H17N3O4S/c13-9-2-1-3-10(8-9)14-20(18,19)12-6-4-11(5-7-12)15(16)17/h4-7,9-10,14H,1-3,8,13H2/t9-,10+/m0/s1. The second-order valence-electron chi connectivity index (χ2n) is 5.00. The summed E-state index contributed by atoms with van der Waals surface area (Å²) in [6.07, 6.45) is 3.19. The third-order valence-electron chi connectivity index (χ3n) is 3.39. The zero-order chi connectivity index (χ0) is 14.8. The van der Waals surface area contributed by atoms with Crippen LogP contribution in [-0.2, 0) is 10.0 Å². The molecule has 1 saturated carbocycles. The summed E-state index contributed by atoms with van der Waals surface area (Å²) in [6, 6.07) is 4.70. The number of hydrogen-bond donors (Lipinski definition) is 2.